The third-order valence-electron chi connectivity index (χ3n) is 4.08. The minimum atomic E-state index is -0.0112. The highest BCUT2D eigenvalue weighted by molar-refractivity contribution is 5.78. The molecule has 0 saturated carbocycles. The second-order valence-electron chi connectivity index (χ2n) is 5.90. The van der Waals surface area contributed by atoms with E-state index in [1.807, 2.05) is 54.6 Å². The van der Waals surface area contributed by atoms with Crippen molar-refractivity contribution < 1.29 is 0 Å². The van der Waals surface area contributed by atoms with Crippen molar-refractivity contribution in [2.75, 3.05) is 6.54 Å². The van der Waals surface area contributed by atoms with E-state index in [0.717, 1.165) is 17.5 Å². The quantitative estimate of drug-likeness (QED) is 0.532. The summed E-state index contributed by atoms with van der Waals surface area (Å²) in [6, 6.07) is 30.9. The lowest BCUT2D eigenvalue weighted by molar-refractivity contribution is 0.749. The van der Waals surface area contributed by atoms with E-state index in [0.29, 0.717) is 12.5 Å². The molecule has 3 heteroatoms. The van der Waals surface area contributed by atoms with Gasteiger partial charge in [0.25, 0.3) is 0 Å². The Morgan fingerprint density at radius 2 is 1.24 bits per heavy atom. The lowest BCUT2D eigenvalue weighted by atomic mass is 9.99. The maximum atomic E-state index is 6.15. The molecule has 0 atom stereocenters. The molecule has 126 valence electrons. The Bertz CT molecular complexity index is 744. The summed E-state index contributed by atoms with van der Waals surface area (Å²) >= 11 is 0. The molecule has 0 aromatic heterocycles. The molecule has 0 aliphatic heterocycles. The molecule has 0 amide bonds. The van der Waals surface area contributed by atoms with Gasteiger partial charge in [0.2, 0.25) is 0 Å². The minimum absolute atomic E-state index is 0.0112. The first-order valence-corrected chi connectivity index (χ1v) is 8.53. The van der Waals surface area contributed by atoms with Crippen LogP contribution >= 0.6 is 0 Å². The van der Waals surface area contributed by atoms with Crippen molar-refractivity contribution in [3.63, 3.8) is 0 Å². The Morgan fingerprint density at radius 1 is 0.760 bits per heavy atom. The van der Waals surface area contributed by atoms with E-state index in [4.69, 9.17) is 5.73 Å². The summed E-state index contributed by atoms with van der Waals surface area (Å²) in [4.78, 5) is 4.49. The van der Waals surface area contributed by atoms with Crippen LogP contribution in [0.4, 0.5) is 0 Å². The SMILES string of the molecule is NC(=NCCc1ccccc1)NC(c1ccccc1)c1ccccc1. The largest absolute Gasteiger partial charge is 0.370 e. The normalized spacial score (nSPS) is 11.5. The zero-order valence-corrected chi connectivity index (χ0v) is 14.2. The van der Waals surface area contributed by atoms with Crippen LogP contribution in [-0.4, -0.2) is 12.5 Å². The summed E-state index contributed by atoms with van der Waals surface area (Å²) in [6.07, 6.45) is 0.880. The molecule has 0 heterocycles. The monoisotopic (exact) mass is 329 g/mol. The number of nitrogens with zero attached hydrogens (tertiary/aromatic N) is 1. The summed E-state index contributed by atoms with van der Waals surface area (Å²) in [5, 5.41) is 3.36. The Hall–Kier alpha value is -3.07. The molecule has 0 saturated heterocycles. The predicted octanol–water partition coefficient (Wildman–Crippen LogP) is 3.92. The average molecular weight is 329 g/mol. The maximum Gasteiger partial charge on any atom is 0.189 e. The molecule has 3 nitrogen and oxygen atoms in total. The van der Waals surface area contributed by atoms with Crippen LogP contribution in [-0.2, 0) is 6.42 Å². The van der Waals surface area contributed by atoms with Crippen molar-refractivity contribution >= 4 is 5.96 Å². The number of hydrogen-bond donors (Lipinski definition) is 2. The maximum absolute atomic E-state index is 6.15. The summed E-state index contributed by atoms with van der Waals surface area (Å²) < 4.78 is 0. The van der Waals surface area contributed by atoms with Gasteiger partial charge in [-0.05, 0) is 23.1 Å². The van der Waals surface area contributed by atoms with Gasteiger partial charge in [0.1, 0.15) is 0 Å². The second kappa shape index (κ2) is 8.69. The van der Waals surface area contributed by atoms with Crippen molar-refractivity contribution in [3.8, 4) is 0 Å². The summed E-state index contributed by atoms with van der Waals surface area (Å²) in [6.45, 7) is 0.666. The molecule has 25 heavy (non-hydrogen) atoms. The lowest BCUT2D eigenvalue weighted by Crippen LogP contribution is -2.35. The van der Waals surface area contributed by atoms with Gasteiger partial charge < -0.3 is 11.1 Å². The van der Waals surface area contributed by atoms with Gasteiger partial charge in [0, 0.05) is 6.54 Å². The van der Waals surface area contributed by atoms with E-state index in [9.17, 15) is 0 Å². The molecule has 3 N–H and O–H groups in total. The highest BCUT2D eigenvalue weighted by Gasteiger charge is 2.13. The molecular weight excluding hydrogens is 306 g/mol. The smallest absolute Gasteiger partial charge is 0.189 e. The van der Waals surface area contributed by atoms with Gasteiger partial charge in [-0.2, -0.15) is 0 Å². The fourth-order valence-electron chi connectivity index (χ4n) is 2.79. The predicted molar refractivity (Wildman–Crippen MR) is 104 cm³/mol. The summed E-state index contributed by atoms with van der Waals surface area (Å²) in [5.41, 5.74) is 9.74. The average Bonchev–Trinajstić information content (AvgIpc) is 2.68. The first kappa shape index (κ1) is 16.8. The van der Waals surface area contributed by atoms with Gasteiger partial charge in [-0.1, -0.05) is 91.0 Å². The van der Waals surface area contributed by atoms with Gasteiger partial charge >= 0.3 is 0 Å². The molecule has 0 bridgehead atoms. The van der Waals surface area contributed by atoms with E-state index in [2.05, 4.69) is 46.7 Å². The van der Waals surface area contributed by atoms with E-state index in [1.54, 1.807) is 0 Å². The summed E-state index contributed by atoms with van der Waals surface area (Å²) in [7, 11) is 0. The van der Waals surface area contributed by atoms with Gasteiger partial charge in [0.15, 0.2) is 5.96 Å². The number of guanidine groups is 1. The Balaban J connectivity index is 1.70. The molecule has 0 aliphatic carbocycles. The Morgan fingerprint density at radius 3 is 1.76 bits per heavy atom. The van der Waals surface area contributed by atoms with Crippen LogP contribution in [0, 0.1) is 0 Å². The topological polar surface area (TPSA) is 50.4 Å². The number of hydrogen-bond acceptors (Lipinski definition) is 1. The fourth-order valence-corrected chi connectivity index (χ4v) is 2.79. The van der Waals surface area contributed by atoms with Crippen molar-refractivity contribution in [1.29, 1.82) is 0 Å². The van der Waals surface area contributed by atoms with Crippen LogP contribution in [0.25, 0.3) is 0 Å². The van der Waals surface area contributed by atoms with Crippen molar-refractivity contribution in [2.24, 2.45) is 10.7 Å². The van der Waals surface area contributed by atoms with Crippen molar-refractivity contribution in [3.05, 3.63) is 108 Å². The molecule has 0 unspecified atom stereocenters. The fraction of sp³-hybridized carbons (Fsp3) is 0.136. The zero-order valence-electron chi connectivity index (χ0n) is 14.2. The van der Waals surface area contributed by atoms with Crippen LogP contribution in [0.3, 0.4) is 0 Å². The van der Waals surface area contributed by atoms with Crippen LogP contribution in [0.5, 0.6) is 0 Å². The summed E-state index contributed by atoms with van der Waals surface area (Å²) in [5.74, 6) is 0.466. The van der Waals surface area contributed by atoms with Crippen LogP contribution in [0.15, 0.2) is 96.0 Å². The van der Waals surface area contributed by atoms with Crippen LogP contribution in [0.1, 0.15) is 22.7 Å². The first-order valence-electron chi connectivity index (χ1n) is 8.53. The van der Waals surface area contributed by atoms with E-state index in [1.165, 1.54) is 5.56 Å². The van der Waals surface area contributed by atoms with Crippen LogP contribution < -0.4 is 11.1 Å². The van der Waals surface area contributed by atoms with Crippen molar-refractivity contribution in [2.45, 2.75) is 12.5 Å². The molecule has 0 radical (unpaired) electrons. The highest BCUT2D eigenvalue weighted by atomic mass is 15.1. The lowest BCUT2D eigenvalue weighted by Gasteiger charge is -2.20. The molecule has 0 aliphatic rings. The number of benzene rings is 3. The standard InChI is InChI=1S/C22H23N3/c23-22(24-17-16-18-10-4-1-5-11-18)25-21(19-12-6-2-7-13-19)20-14-8-3-9-15-20/h1-15,21H,16-17H2,(H3,23,24,25). The van der Waals surface area contributed by atoms with Crippen LogP contribution in [0.2, 0.25) is 0 Å². The Kier molecular flexibility index (Phi) is 5.83. The molecular formula is C22H23N3. The number of rotatable bonds is 6. The van der Waals surface area contributed by atoms with Gasteiger partial charge in [0.05, 0.1) is 6.04 Å². The molecule has 0 spiro atoms. The third kappa shape index (κ3) is 4.95. The number of nitrogens with one attached hydrogen (secondary N) is 1. The van der Waals surface area contributed by atoms with Gasteiger partial charge in [-0.15, -0.1) is 0 Å². The number of aliphatic imine (C=N–C) groups is 1. The van der Waals surface area contributed by atoms with Crippen molar-refractivity contribution in [1.82, 2.24) is 5.32 Å². The Labute approximate surface area is 149 Å². The minimum Gasteiger partial charge on any atom is -0.370 e. The van der Waals surface area contributed by atoms with E-state index in [-0.39, 0.29) is 6.04 Å². The number of nitrogens with two attached hydrogens (primary N) is 1. The first-order chi connectivity index (χ1) is 12.3. The van der Waals surface area contributed by atoms with E-state index >= 15 is 0 Å². The molecule has 3 rings (SSSR count). The molecule has 3 aromatic carbocycles. The van der Waals surface area contributed by atoms with Gasteiger partial charge in [-0.25, -0.2) is 0 Å². The van der Waals surface area contributed by atoms with Gasteiger partial charge in [-0.3, -0.25) is 4.99 Å². The third-order valence-corrected chi connectivity index (χ3v) is 4.08. The highest BCUT2D eigenvalue weighted by Crippen LogP contribution is 2.21. The second-order valence-corrected chi connectivity index (χ2v) is 5.90. The molecule has 3 aromatic rings. The van der Waals surface area contributed by atoms with E-state index < -0.39 is 0 Å². The molecule has 0 fully saturated rings. The zero-order chi connectivity index (χ0) is 17.3.